The number of nitrogens with one attached hydrogen (secondary N) is 1. The first-order valence-electron chi connectivity index (χ1n) is 7.87. The van der Waals surface area contributed by atoms with Crippen LogP contribution in [0.1, 0.15) is 10.5 Å². The van der Waals surface area contributed by atoms with Gasteiger partial charge in [0.2, 0.25) is 0 Å². The minimum absolute atomic E-state index is 0.0615. The van der Waals surface area contributed by atoms with Crippen molar-refractivity contribution in [3.63, 3.8) is 0 Å². The van der Waals surface area contributed by atoms with E-state index in [0.717, 1.165) is 18.8 Å². The van der Waals surface area contributed by atoms with E-state index in [1.54, 1.807) is 13.2 Å². The zero-order valence-corrected chi connectivity index (χ0v) is 13.9. The van der Waals surface area contributed by atoms with E-state index in [-0.39, 0.29) is 5.91 Å². The van der Waals surface area contributed by atoms with Crippen molar-refractivity contribution >= 4 is 17.4 Å². The number of carbonyl (C=O) groups excluding carboxylic acids is 1. The summed E-state index contributed by atoms with van der Waals surface area (Å²) >= 11 is 0. The molecule has 1 aliphatic heterocycles. The minimum Gasteiger partial charge on any atom is -0.495 e. The number of carbonyl (C=O) groups is 1. The molecule has 1 fully saturated rings. The molecule has 0 aliphatic carbocycles. The fourth-order valence-corrected chi connectivity index (χ4v) is 2.60. The van der Waals surface area contributed by atoms with Gasteiger partial charge >= 0.3 is 0 Å². The molecule has 7 heteroatoms. The Morgan fingerprint density at radius 1 is 1.17 bits per heavy atom. The molecule has 0 bridgehead atoms. The molecule has 1 amide bonds. The standard InChI is InChI=1S/C17H21N5O2/c1-21-7-9-22(10-8-21)17(23)14-11-16(19-12-18-14)20-13-5-3-4-6-15(13)24-2/h3-6,11-12H,7-10H2,1-2H3,(H,18,19,20). The summed E-state index contributed by atoms with van der Waals surface area (Å²) in [4.78, 5) is 25.0. The molecule has 7 nitrogen and oxygen atoms in total. The first-order chi connectivity index (χ1) is 11.7. The quantitative estimate of drug-likeness (QED) is 0.920. The van der Waals surface area contributed by atoms with Crippen LogP contribution >= 0.6 is 0 Å². The number of methoxy groups -OCH3 is 1. The first-order valence-corrected chi connectivity index (χ1v) is 7.87. The Labute approximate surface area is 141 Å². The topological polar surface area (TPSA) is 70.6 Å². The van der Waals surface area contributed by atoms with Crippen molar-refractivity contribution in [2.24, 2.45) is 0 Å². The number of hydrogen-bond donors (Lipinski definition) is 1. The lowest BCUT2D eigenvalue weighted by Crippen LogP contribution is -2.47. The second-order valence-corrected chi connectivity index (χ2v) is 5.71. The number of anilines is 2. The highest BCUT2D eigenvalue weighted by Gasteiger charge is 2.21. The average Bonchev–Trinajstić information content (AvgIpc) is 2.62. The summed E-state index contributed by atoms with van der Waals surface area (Å²) in [6, 6.07) is 9.23. The second-order valence-electron chi connectivity index (χ2n) is 5.71. The number of likely N-dealkylation sites (N-methyl/N-ethyl adjacent to an activating group) is 1. The first kappa shape index (κ1) is 16.2. The molecule has 0 atom stereocenters. The fourth-order valence-electron chi connectivity index (χ4n) is 2.60. The van der Waals surface area contributed by atoms with Crippen LogP contribution in [0.3, 0.4) is 0 Å². The van der Waals surface area contributed by atoms with Gasteiger partial charge in [-0.15, -0.1) is 0 Å². The van der Waals surface area contributed by atoms with E-state index in [4.69, 9.17) is 4.74 Å². The molecule has 24 heavy (non-hydrogen) atoms. The number of hydrogen-bond acceptors (Lipinski definition) is 6. The molecule has 1 aromatic carbocycles. The normalized spacial score (nSPS) is 15.2. The lowest BCUT2D eigenvalue weighted by molar-refractivity contribution is 0.0658. The third-order valence-corrected chi connectivity index (χ3v) is 4.05. The van der Waals surface area contributed by atoms with Crippen molar-refractivity contribution in [2.75, 3.05) is 45.7 Å². The van der Waals surface area contributed by atoms with Crippen molar-refractivity contribution in [3.05, 3.63) is 42.4 Å². The van der Waals surface area contributed by atoms with Crippen LogP contribution in [-0.4, -0.2) is 66.0 Å². The van der Waals surface area contributed by atoms with E-state index >= 15 is 0 Å². The van der Waals surface area contributed by atoms with Gasteiger partial charge in [0.15, 0.2) is 0 Å². The number of amides is 1. The number of piperazine rings is 1. The van der Waals surface area contributed by atoms with Crippen LogP contribution < -0.4 is 10.1 Å². The van der Waals surface area contributed by atoms with Gasteiger partial charge in [-0.2, -0.15) is 0 Å². The molecule has 0 unspecified atom stereocenters. The van der Waals surface area contributed by atoms with Gasteiger partial charge in [-0.25, -0.2) is 9.97 Å². The molecule has 126 valence electrons. The Morgan fingerprint density at radius 3 is 2.67 bits per heavy atom. The van der Waals surface area contributed by atoms with E-state index in [1.807, 2.05) is 29.2 Å². The Kier molecular flexibility index (Phi) is 4.90. The monoisotopic (exact) mass is 327 g/mol. The van der Waals surface area contributed by atoms with Gasteiger partial charge in [-0.05, 0) is 19.2 Å². The van der Waals surface area contributed by atoms with Crippen LogP contribution in [0.5, 0.6) is 5.75 Å². The van der Waals surface area contributed by atoms with Gasteiger partial charge in [0.1, 0.15) is 23.6 Å². The molecular weight excluding hydrogens is 306 g/mol. The number of aromatic nitrogens is 2. The van der Waals surface area contributed by atoms with Gasteiger partial charge in [-0.1, -0.05) is 12.1 Å². The van der Waals surface area contributed by atoms with Crippen LogP contribution in [0, 0.1) is 0 Å². The van der Waals surface area contributed by atoms with E-state index in [2.05, 4.69) is 27.2 Å². The zero-order chi connectivity index (χ0) is 16.9. The van der Waals surface area contributed by atoms with Gasteiger partial charge in [0.05, 0.1) is 12.8 Å². The summed E-state index contributed by atoms with van der Waals surface area (Å²) in [6.07, 6.45) is 1.40. The largest absolute Gasteiger partial charge is 0.495 e. The molecule has 1 aliphatic rings. The molecule has 1 N–H and O–H groups in total. The van der Waals surface area contributed by atoms with Crippen molar-refractivity contribution in [3.8, 4) is 5.75 Å². The van der Waals surface area contributed by atoms with Crippen LogP contribution in [0.25, 0.3) is 0 Å². The van der Waals surface area contributed by atoms with Crippen LogP contribution in [0.15, 0.2) is 36.7 Å². The van der Waals surface area contributed by atoms with Crippen molar-refractivity contribution in [1.29, 1.82) is 0 Å². The molecule has 0 saturated carbocycles. The van der Waals surface area contributed by atoms with E-state index in [1.165, 1.54) is 6.33 Å². The minimum atomic E-state index is -0.0615. The molecule has 2 heterocycles. The van der Waals surface area contributed by atoms with Gasteiger partial charge in [0.25, 0.3) is 5.91 Å². The van der Waals surface area contributed by atoms with Crippen LogP contribution in [0.2, 0.25) is 0 Å². The average molecular weight is 327 g/mol. The molecule has 3 rings (SSSR count). The van der Waals surface area contributed by atoms with E-state index in [9.17, 15) is 4.79 Å². The molecule has 2 aromatic rings. The summed E-state index contributed by atoms with van der Waals surface area (Å²) in [6.45, 7) is 3.19. The van der Waals surface area contributed by atoms with Gasteiger partial charge < -0.3 is 19.9 Å². The number of rotatable bonds is 4. The number of benzene rings is 1. The third kappa shape index (κ3) is 3.62. The highest BCUT2D eigenvalue weighted by Crippen LogP contribution is 2.26. The maximum Gasteiger partial charge on any atom is 0.272 e. The molecule has 0 radical (unpaired) electrons. The summed E-state index contributed by atoms with van der Waals surface area (Å²) in [5.74, 6) is 1.21. The lowest BCUT2D eigenvalue weighted by atomic mass is 10.2. The second kappa shape index (κ2) is 7.27. The maximum absolute atomic E-state index is 12.6. The molecular formula is C17H21N5O2. The molecule has 1 aromatic heterocycles. The van der Waals surface area contributed by atoms with Crippen LogP contribution in [0.4, 0.5) is 11.5 Å². The number of para-hydroxylation sites is 2. The Morgan fingerprint density at radius 2 is 1.92 bits per heavy atom. The fraction of sp³-hybridized carbons (Fsp3) is 0.353. The van der Waals surface area contributed by atoms with Crippen molar-refractivity contribution in [1.82, 2.24) is 19.8 Å². The predicted octanol–water partition coefficient (Wildman–Crippen LogP) is 1.62. The predicted molar refractivity (Wildman–Crippen MR) is 91.7 cm³/mol. The third-order valence-electron chi connectivity index (χ3n) is 4.05. The lowest BCUT2D eigenvalue weighted by Gasteiger charge is -2.32. The van der Waals surface area contributed by atoms with Gasteiger partial charge in [-0.3, -0.25) is 4.79 Å². The van der Waals surface area contributed by atoms with Crippen molar-refractivity contribution < 1.29 is 9.53 Å². The zero-order valence-electron chi connectivity index (χ0n) is 13.9. The highest BCUT2D eigenvalue weighted by atomic mass is 16.5. The highest BCUT2D eigenvalue weighted by molar-refractivity contribution is 5.93. The van der Waals surface area contributed by atoms with Crippen molar-refractivity contribution in [2.45, 2.75) is 0 Å². The van der Waals surface area contributed by atoms with E-state index < -0.39 is 0 Å². The summed E-state index contributed by atoms with van der Waals surface area (Å²) in [5, 5.41) is 3.17. The maximum atomic E-state index is 12.6. The summed E-state index contributed by atoms with van der Waals surface area (Å²) in [5.41, 5.74) is 1.18. The summed E-state index contributed by atoms with van der Waals surface area (Å²) in [7, 11) is 3.67. The number of ether oxygens (including phenoxy) is 1. The van der Waals surface area contributed by atoms with E-state index in [0.29, 0.717) is 30.4 Å². The Hall–Kier alpha value is -2.67. The Bertz CT molecular complexity index is 714. The SMILES string of the molecule is COc1ccccc1Nc1cc(C(=O)N2CCN(C)CC2)ncn1. The van der Waals surface area contributed by atoms with Crippen LogP contribution in [-0.2, 0) is 0 Å². The smallest absolute Gasteiger partial charge is 0.272 e. The summed E-state index contributed by atoms with van der Waals surface area (Å²) < 4.78 is 5.31. The van der Waals surface area contributed by atoms with Gasteiger partial charge in [0, 0.05) is 32.2 Å². The molecule has 0 spiro atoms. The Balaban J connectivity index is 1.75. The number of nitrogens with zero attached hydrogens (tertiary/aromatic N) is 4. The molecule has 1 saturated heterocycles.